The van der Waals surface area contributed by atoms with Crippen LogP contribution in [-0.2, 0) is 10.2 Å². The summed E-state index contributed by atoms with van der Waals surface area (Å²) in [6.45, 7) is 5.66. The number of hydrogen-bond donors (Lipinski definition) is 1. The third kappa shape index (κ3) is 3.83. The third-order valence-electron chi connectivity index (χ3n) is 3.65. The van der Waals surface area contributed by atoms with Gasteiger partial charge in [0.1, 0.15) is 0 Å². The predicted molar refractivity (Wildman–Crippen MR) is 94.0 cm³/mol. The second-order valence-corrected chi connectivity index (χ2v) is 6.55. The lowest BCUT2D eigenvalue weighted by Gasteiger charge is -2.22. The standard InChI is InChI=1S/C18H19BrN2O/c1-13(14-9-11-16(19)12-10-14)20-21-17(22)18(2,3)15-7-5-4-6-8-15/h4-12H,1-3H3,(H,21,22)/b20-13+. The summed E-state index contributed by atoms with van der Waals surface area (Å²) in [7, 11) is 0. The van der Waals surface area contributed by atoms with Gasteiger partial charge < -0.3 is 0 Å². The highest BCUT2D eigenvalue weighted by molar-refractivity contribution is 9.10. The zero-order valence-electron chi connectivity index (χ0n) is 12.9. The minimum atomic E-state index is -0.634. The fourth-order valence-corrected chi connectivity index (χ4v) is 2.28. The Balaban J connectivity index is 2.11. The molecule has 0 heterocycles. The lowest BCUT2D eigenvalue weighted by Crippen LogP contribution is -2.38. The van der Waals surface area contributed by atoms with Crippen LogP contribution in [0.15, 0.2) is 64.2 Å². The summed E-state index contributed by atoms with van der Waals surface area (Å²) in [6.07, 6.45) is 0. The van der Waals surface area contributed by atoms with Gasteiger partial charge in [0.25, 0.3) is 0 Å². The zero-order valence-corrected chi connectivity index (χ0v) is 14.5. The van der Waals surface area contributed by atoms with E-state index in [1.54, 1.807) is 0 Å². The van der Waals surface area contributed by atoms with Gasteiger partial charge in [0.05, 0.1) is 11.1 Å². The highest BCUT2D eigenvalue weighted by atomic mass is 79.9. The van der Waals surface area contributed by atoms with Crippen LogP contribution in [0.5, 0.6) is 0 Å². The van der Waals surface area contributed by atoms with Gasteiger partial charge in [0, 0.05) is 4.47 Å². The van der Waals surface area contributed by atoms with Crippen molar-refractivity contribution in [3.05, 3.63) is 70.2 Å². The van der Waals surface area contributed by atoms with Crippen molar-refractivity contribution in [3.63, 3.8) is 0 Å². The van der Waals surface area contributed by atoms with Crippen molar-refractivity contribution >= 4 is 27.5 Å². The van der Waals surface area contributed by atoms with Crippen molar-refractivity contribution in [2.24, 2.45) is 5.10 Å². The minimum absolute atomic E-state index is 0.129. The number of hydrogen-bond acceptors (Lipinski definition) is 2. The first-order chi connectivity index (χ1) is 10.4. The maximum Gasteiger partial charge on any atom is 0.250 e. The molecule has 114 valence electrons. The number of halogens is 1. The van der Waals surface area contributed by atoms with Gasteiger partial charge in [0.2, 0.25) is 5.91 Å². The van der Waals surface area contributed by atoms with Gasteiger partial charge in [-0.3, -0.25) is 4.79 Å². The number of nitrogens with zero attached hydrogens (tertiary/aromatic N) is 1. The summed E-state index contributed by atoms with van der Waals surface area (Å²) < 4.78 is 1.01. The van der Waals surface area contributed by atoms with E-state index < -0.39 is 5.41 Å². The molecule has 2 rings (SSSR count). The Morgan fingerprint density at radius 3 is 2.23 bits per heavy atom. The molecule has 2 aromatic carbocycles. The molecule has 1 amide bonds. The van der Waals surface area contributed by atoms with Crippen LogP contribution >= 0.6 is 15.9 Å². The lowest BCUT2D eigenvalue weighted by molar-refractivity contribution is -0.125. The number of nitrogens with one attached hydrogen (secondary N) is 1. The van der Waals surface area contributed by atoms with Gasteiger partial charge in [-0.1, -0.05) is 58.4 Å². The number of rotatable bonds is 4. The highest BCUT2D eigenvalue weighted by Crippen LogP contribution is 2.22. The highest BCUT2D eigenvalue weighted by Gasteiger charge is 2.29. The van der Waals surface area contributed by atoms with Gasteiger partial charge in [-0.2, -0.15) is 5.10 Å². The summed E-state index contributed by atoms with van der Waals surface area (Å²) in [5.74, 6) is -0.129. The first-order valence-corrected chi connectivity index (χ1v) is 7.87. The molecule has 1 N–H and O–H groups in total. The van der Waals surface area contributed by atoms with Crippen LogP contribution in [0.4, 0.5) is 0 Å². The van der Waals surface area contributed by atoms with Crippen molar-refractivity contribution in [1.29, 1.82) is 0 Å². The van der Waals surface area contributed by atoms with E-state index in [0.29, 0.717) is 0 Å². The smallest absolute Gasteiger partial charge is 0.250 e. The van der Waals surface area contributed by atoms with Crippen LogP contribution in [-0.4, -0.2) is 11.6 Å². The number of amides is 1. The molecule has 0 atom stereocenters. The molecule has 0 radical (unpaired) electrons. The Morgan fingerprint density at radius 1 is 1.05 bits per heavy atom. The van der Waals surface area contributed by atoms with Gasteiger partial charge in [-0.15, -0.1) is 0 Å². The molecule has 0 fully saturated rings. The van der Waals surface area contributed by atoms with Crippen LogP contribution in [0, 0.1) is 0 Å². The molecule has 0 aromatic heterocycles. The molecule has 22 heavy (non-hydrogen) atoms. The lowest BCUT2D eigenvalue weighted by atomic mass is 9.84. The van der Waals surface area contributed by atoms with E-state index in [1.165, 1.54) is 0 Å². The Bertz CT molecular complexity index is 676. The Morgan fingerprint density at radius 2 is 1.64 bits per heavy atom. The first kappa shape index (κ1) is 16.4. The monoisotopic (exact) mass is 358 g/mol. The van der Waals surface area contributed by atoms with Gasteiger partial charge >= 0.3 is 0 Å². The van der Waals surface area contributed by atoms with Crippen LogP contribution in [0.2, 0.25) is 0 Å². The third-order valence-corrected chi connectivity index (χ3v) is 4.18. The Labute approximate surface area is 139 Å². The van der Waals surface area contributed by atoms with Crippen molar-refractivity contribution in [1.82, 2.24) is 5.43 Å². The van der Waals surface area contributed by atoms with Crippen molar-refractivity contribution in [2.45, 2.75) is 26.2 Å². The molecule has 0 aliphatic heterocycles. The largest absolute Gasteiger partial charge is 0.272 e. The number of carbonyl (C=O) groups excluding carboxylic acids is 1. The first-order valence-electron chi connectivity index (χ1n) is 7.07. The molecule has 0 aliphatic carbocycles. The van der Waals surface area contributed by atoms with Crippen LogP contribution < -0.4 is 5.43 Å². The average molecular weight is 359 g/mol. The van der Waals surface area contributed by atoms with E-state index in [9.17, 15) is 4.79 Å². The Hall–Kier alpha value is -1.94. The zero-order chi connectivity index (χ0) is 16.2. The molecular formula is C18H19BrN2O. The molecule has 0 saturated carbocycles. The van der Waals surface area contributed by atoms with Gasteiger partial charge in [-0.25, -0.2) is 5.43 Å². The van der Waals surface area contributed by atoms with Gasteiger partial charge in [0.15, 0.2) is 0 Å². The second-order valence-electron chi connectivity index (χ2n) is 5.64. The van der Waals surface area contributed by atoms with E-state index in [4.69, 9.17) is 0 Å². The van der Waals surface area contributed by atoms with E-state index in [1.807, 2.05) is 75.4 Å². The molecular weight excluding hydrogens is 340 g/mol. The normalized spacial score (nSPS) is 12.1. The number of benzene rings is 2. The van der Waals surface area contributed by atoms with Crippen LogP contribution in [0.25, 0.3) is 0 Å². The summed E-state index contributed by atoms with van der Waals surface area (Å²) in [5.41, 5.74) is 4.74. The van der Waals surface area contributed by atoms with E-state index in [0.717, 1.165) is 21.3 Å². The molecule has 3 nitrogen and oxygen atoms in total. The number of hydrazone groups is 1. The molecule has 0 bridgehead atoms. The predicted octanol–water partition coefficient (Wildman–Crippen LogP) is 4.27. The van der Waals surface area contributed by atoms with Crippen molar-refractivity contribution in [3.8, 4) is 0 Å². The molecule has 0 saturated heterocycles. The topological polar surface area (TPSA) is 41.5 Å². The summed E-state index contributed by atoms with van der Waals surface area (Å²) in [5, 5.41) is 4.22. The minimum Gasteiger partial charge on any atom is -0.272 e. The maximum atomic E-state index is 12.4. The van der Waals surface area contributed by atoms with Crippen molar-refractivity contribution < 1.29 is 4.79 Å². The van der Waals surface area contributed by atoms with E-state index in [2.05, 4.69) is 26.5 Å². The quantitative estimate of drug-likeness (QED) is 0.643. The van der Waals surface area contributed by atoms with Crippen LogP contribution in [0.1, 0.15) is 31.9 Å². The fourth-order valence-electron chi connectivity index (χ4n) is 2.02. The average Bonchev–Trinajstić information content (AvgIpc) is 2.53. The molecule has 0 aliphatic rings. The Kier molecular flexibility index (Phi) is 5.14. The molecule has 0 unspecified atom stereocenters. The van der Waals surface area contributed by atoms with E-state index in [-0.39, 0.29) is 5.91 Å². The fraction of sp³-hybridized carbons (Fsp3) is 0.222. The van der Waals surface area contributed by atoms with Crippen molar-refractivity contribution in [2.75, 3.05) is 0 Å². The van der Waals surface area contributed by atoms with Crippen LogP contribution in [0.3, 0.4) is 0 Å². The second kappa shape index (κ2) is 6.88. The summed E-state index contributed by atoms with van der Waals surface area (Å²) in [6, 6.07) is 17.5. The summed E-state index contributed by atoms with van der Waals surface area (Å²) >= 11 is 3.40. The molecule has 4 heteroatoms. The maximum absolute atomic E-state index is 12.4. The molecule has 0 spiro atoms. The van der Waals surface area contributed by atoms with Gasteiger partial charge in [-0.05, 0) is 44.0 Å². The number of carbonyl (C=O) groups is 1. The SMILES string of the molecule is C/C(=N\NC(=O)C(C)(C)c1ccccc1)c1ccc(Br)cc1. The molecule has 2 aromatic rings. The summed E-state index contributed by atoms with van der Waals surface area (Å²) in [4.78, 5) is 12.4. The van der Waals surface area contributed by atoms with E-state index >= 15 is 0 Å².